The van der Waals surface area contributed by atoms with Gasteiger partial charge in [-0.2, -0.15) is 0 Å². The van der Waals surface area contributed by atoms with E-state index < -0.39 is 0 Å². The molecule has 0 atom stereocenters. The van der Waals surface area contributed by atoms with Crippen LogP contribution in [0.15, 0.2) is 0 Å². The molecule has 0 aliphatic carbocycles. The number of hydrogen-bond acceptors (Lipinski definition) is 9. The lowest BCUT2D eigenvalue weighted by Gasteiger charge is -2.20. The van der Waals surface area contributed by atoms with Crippen molar-refractivity contribution >= 4 is 0 Å². The van der Waals surface area contributed by atoms with Crippen molar-refractivity contribution < 1.29 is 44.1 Å². The van der Waals surface area contributed by atoms with Crippen molar-refractivity contribution in [3.63, 3.8) is 0 Å². The molecule has 0 bridgehead atoms. The Bertz CT molecular complexity index is 231. The maximum Gasteiger partial charge on any atom is 0.146 e. The van der Waals surface area contributed by atoms with Crippen LogP contribution < -0.4 is 0 Å². The lowest BCUT2D eigenvalue weighted by atomic mass is 10.2. The van der Waals surface area contributed by atoms with E-state index in [1.165, 1.54) is 0 Å². The van der Waals surface area contributed by atoms with E-state index in [-0.39, 0.29) is 38.3 Å². The molecule has 0 spiro atoms. The van der Waals surface area contributed by atoms with Crippen LogP contribution in [0.4, 0.5) is 0 Å². The molecule has 0 aromatic heterocycles. The zero-order valence-corrected chi connectivity index (χ0v) is 14.3. The van der Waals surface area contributed by atoms with E-state index in [2.05, 4.69) is 0 Å². The Morgan fingerprint density at radius 1 is 0.792 bits per heavy atom. The third kappa shape index (κ3) is 13.0. The van der Waals surface area contributed by atoms with Gasteiger partial charge >= 0.3 is 0 Å². The van der Waals surface area contributed by atoms with E-state index in [9.17, 15) is 0 Å². The minimum atomic E-state index is -0.347. The number of rotatable bonds is 6. The molecule has 0 unspecified atom stereocenters. The van der Waals surface area contributed by atoms with Gasteiger partial charge in [0.15, 0.2) is 0 Å². The van der Waals surface area contributed by atoms with Crippen LogP contribution in [-0.2, 0) is 23.7 Å². The summed E-state index contributed by atoms with van der Waals surface area (Å²) in [6, 6.07) is 0. The van der Waals surface area contributed by atoms with Gasteiger partial charge in [0, 0.05) is 24.9 Å². The van der Waals surface area contributed by atoms with Crippen LogP contribution in [0.3, 0.4) is 0 Å². The summed E-state index contributed by atoms with van der Waals surface area (Å²) >= 11 is 0. The zero-order chi connectivity index (χ0) is 18.0. The first-order valence-corrected chi connectivity index (χ1v) is 7.95. The molecule has 0 amide bonds. The predicted molar refractivity (Wildman–Crippen MR) is 84.2 cm³/mol. The molecule has 2 saturated heterocycles. The van der Waals surface area contributed by atoms with Gasteiger partial charge in [-0.25, -0.2) is 0 Å². The van der Waals surface area contributed by atoms with Crippen LogP contribution in [0.5, 0.6) is 0 Å². The van der Waals surface area contributed by atoms with Crippen LogP contribution in [0.25, 0.3) is 0 Å². The maximum atomic E-state index is 8.53. The highest BCUT2D eigenvalue weighted by atomic mass is 16.7. The molecule has 2 fully saturated rings. The summed E-state index contributed by atoms with van der Waals surface area (Å²) in [6.45, 7) is 4.11. The number of methoxy groups -OCH3 is 1. The van der Waals surface area contributed by atoms with Gasteiger partial charge in [-0.05, 0) is 0 Å². The SMILES string of the molecule is COCC1COCOC1.OCC(CO)CO.OCC1COCOC1. The number of ether oxygens (including phenoxy) is 5. The third-order valence-corrected chi connectivity index (χ3v) is 3.18. The van der Waals surface area contributed by atoms with Crippen LogP contribution in [0, 0.1) is 17.8 Å². The number of aliphatic hydroxyl groups is 4. The van der Waals surface area contributed by atoms with Crippen molar-refractivity contribution in [1.29, 1.82) is 0 Å². The van der Waals surface area contributed by atoms with Crippen LogP contribution >= 0.6 is 0 Å². The molecule has 146 valence electrons. The van der Waals surface area contributed by atoms with Crippen LogP contribution in [0.1, 0.15) is 0 Å². The van der Waals surface area contributed by atoms with Crippen molar-refractivity contribution in [2.24, 2.45) is 17.8 Å². The fraction of sp³-hybridized carbons (Fsp3) is 1.00. The molecule has 2 rings (SSSR count). The second-order valence-corrected chi connectivity index (χ2v) is 5.50. The van der Waals surface area contributed by atoms with Crippen LogP contribution in [-0.4, -0.2) is 101 Å². The molecular weight excluding hydrogens is 324 g/mol. The quantitative estimate of drug-likeness (QED) is 0.446. The summed E-state index contributed by atoms with van der Waals surface area (Å²) in [5.41, 5.74) is 0. The second kappa shape index (κ2) is 17.5. The normalized spacial score (nSPS) is 19.2. The van der Waals surface area contributed by atoms with Gasteiger partial charge in [-0.3, -0.25) is 0 Å². The number of hydrogen-bond donors (Lipinski definition) is 4. The second-order valence-electron chi connectivity index (χ2n) is 5.50. The summed E-state index contributed by atoms with van der Waals surface area (Å²) in [5.74, 6) is 0.285. The Morgan fingerprint density at radius 2 is 1.21 bits per heavy atom. The zero-order valence-electron chi connectivity index (χ0n) is 14.3. The first kappa shape index (κ1) is 23.6. The highest BCUT2D eigenvalue weighted by Crippen LogP contribution is 2.04. The monoisotopic (exact) mass is 356 g/mol. The Kier molecular flexibility index (Phi) is 17.2. The lowest BCUT2D eigenvalue weighted by molar-refractivity contribution is -0.136. The number of aliphatic hydroxyl groups excluding tert-OH is 4. The molecule has 4 N–H and O–H groups in total. The van der Waals surface area contributed by atoms with E-state index in [1.54, 1.807) is 7.11 Å². The highest BCUT2D eigenvalue weighted by molar-refractivity contribution is 4.57. The molecule has 2 aliphatic heterocycles. The van der Waals surface area contributed by atoms with Crippen molar-refractivity contribution in [1.82, 2.24) is 0 Å². The Morgan fingerprint density at radius 3 is 1.46 bits per heavy atom. The lowest BCUT2D eigenvalue weighted by Crippen LogP contribution is -2.27. The van der Waals surface area contributed by atoms with E-state index >= 15 is 0 Å². The van der Waals surface area contributed by atoms with E-state index in [4.69, 9.17) is 44.1 Å². The van der Waals surface area contributed by atoms with Gasteiger partial charge in [0.1, 0.15) is 13.6 Å². The average molecular weight is 356 g/mol. The van der Waals surface area contributed by atoms with Gasteiger partial charge in [0.05, 0.1) is 59.5 Å². The van der Waals surface area contributed by atoms with Crippen molar-refractivity contribution in [3.8, 4) is 0 Å². The molecule has 0 radical (unpaired) electrons. The summed E-state index contributed by atoms with van der Waals surface area (Å²) in [5, 5.41) is 33.1. The summed E-state index contributed by atoms with van der Waals surface area (Å²) < 4.78 is 24.8. The maximum absolute atomic E-state index is 8.53. The molecule has 0 aromatic rings. The summed E-state index contributed by atoms with van der Waals surface area (Å²) in [4.78, 5) is 0. The van der Waals surface area contributed by atoms with Crippen molar-refractivity contribution in [2.75, 3.05) is 80.2 Å². The topological polar surface area (TPSA) is 127 Å². The molecule has 2 heterocycles. The molecule has 9 nitrogen and oxygen atoms in total. The molecule has 9 heteroatoms. The third-order valence-electron chi connectivity index (χ3n) is 3.18. The van der Waals surface area contributed by atoms with Gasteiger partial charge < -0.3 is 44.1 Å². The Hall–Kier alpha value is -0.360. The standard InChI is InChI=1S/C6H12O3.C5H10O3.C4H10O3/c1-7-2-6-3-8-5-9-4-6;6-1-5-2-7-4-8-3-5;5-1-4(2-6)3-7/h6H,2-5H2,1H3;5-6H,1-4H2;4-7H,1-3H2. The first-order valence-electron chi connectivity index (χ1n) is 7.95. The fourth-order valence-electron chi connectivity index (χ4n) is 1.68. The van der Waals surface area contributed by atoms with Crippen molar-refractivity contribution in [3.05, 3.63) is 0 Å². The Balaban J connectivity index is 0.000000334. The highest BCUT2D eigenvalue weighted by Gasteiger charge is 2.13. The summed E-state index contributed by atoms with van der Waals surface area (Å²) in [7, 11) is 1.69. The van der Waals surface area contributed by atoms with E-state index in [1.807, 2.05) is 0 Å². The molecule has 0 aromatic carbocycles. The summed E-state index contributed by atoms with van der Waals surface area (Å²) in [6.07, 6.45) is 0. The van der Waals surface area contributed by atoms with Crippen molar-refractivity contribution in [2.45, 2.75) is 0 Å². The van der Waals surface area contributed by atoms with Gasteiger partial charge in [0.2, 0.25) is 0 Å². The minimum Gasteiger partial charge on any atom is -0.396 e. The van der Waals surface area contributed by atoms with Gasteiger partial charge in [0.25, 0.3) is 0 Å². The molecule has 2 aliphatic rings. The molecular formula is C15H32O9. The van der Waals surface area contributed by atoms with Gasteiger partial charge in [-0.1, -0.05) is 0 Å². The largest absolute Gasteiger partial charge is 0.396 e. The smallest absolute Gasteiger partial charge is 0.146 e. The van der Waals surface area contributed by atoms with E-state index in [0.717, 1.165) is 19.8 Å². The van der Waals surface area contributed by atoms with Gasteiger partial charge in [-0.15, -0.1) is 0 Å². The molecule has 24 heavy (non-hydrogen) atoms. The van der Waals surface area contributed by atoms with E-state index in [0.29, 0.717) is 32.7 Å². The Labute approximate surface area is 143 Å². The van der Waals surface area contributed by atoms with Crippen LogP contribution in [0.2, 0.25) is 0 Å². The average Bonchev–Trinajstić information content (AvgIpc) is 2.66. The predicted octanol–water partition coefficient (Wildman–Crippen LogP) is -1.57. The fourth-order valence-corrected chi connectivity index (χ4v) is 1.68. The molecule has 0 saturated carbocycles. The minimum absolute atomic E-state index is 0.146. The first-order chi connectivity index (χ1) is 11.7.